The largest absolute Gasteiger partial charge is 0.366 e. The third kappa shape index (κ3) is 8.21. The molecule has 0 aromatic carbocycles. The van der Waals surface area contributed by atoms with E-state index in [1.54, 1.807) is 6.92 Å². The molecule has 0 radical (unpaired) electrons. The van der Waals surface area contributed by atoms with E-state index in [0.29, 0.717) is 11.1 Å². The van der Waals surface area contributed by atoms with Crippen LogP contribution in [0.15, 0.2) is 24.3 Å². The van der Waals surface area contributed by atoms with Crippen molar-refractivity contribution in [2.45, 2.75) is 26.3 Å². The number of nitrogens with two attached hydrogens (primary N) is 2. The molecule has 0 bridgehead atoms. The first-order chi connectivity index (χ1) is 7.64. The van der Waals surface area contributed by atoms with E-state index in [0.717, 1.165) is 6.42 Å². The van der Waals surface area contributed by atoms with Crippen LogP contribution in [0.25, 0.3) is 0 Å². The molecule has 2 amide bonds. The summed E-state index contributed by atoms with van der Waals surface area (Å²) in [7, 11) is 3.81. The van der Waals surface area contributed by atoms with Gasteiger partial charge in [0, 0.05) is 17.2 Å². The zero-order valence-electron chi connectivity index (χ0n) is 11.1. The minimum absolute atomic E-state index is 0.0764. The lowest BCUT2D eigenvalue weighted by Crippen LogP contribution is -2.34. The van der Waals surface area contributed by atoms with Gasteiger partial charge in [-0.15, -0.1) is 0 Å². The first-order valence-electron chi connectivity index (χ1n) is 5.25. The van der Waals surface area contributed by atoms with Gasteiger partial charge in [0.25, 0.3) is 0 Å². The molecule has 17 heavy (non-hydrogen) atoms. The van der Waals surface area contributed by atoms with Gasteiger partial charge in [-0.05, 0) is 27.4 Å². The number of amides is 2. The average molecular weight is 241 g/mol. The first kappa shape index (κ1) is 17.8. The number of hydrogen-bond acceptors (Lipinski definition) is 3. The molecule has 0 aliphatic rings. The Labute approximate surface area is 103 Å². The monoisotopic (exact) mass is 241 g/mol. The van der Waals surface area contributed by atoms with Gasteiger partial charge in [-0.1, -0.05) is 20.1 Å². The second-order valence-electron chi connectivity index (χ2n) is 3.92. The lowest BCUT2D eigenvalue weighted by molar-refractivity contribution is -0.115. The van der Waals surface area contributed by atoms with Crippen molar-refractivity contribution in [2.75, 3.05) is 14.1 Å². The zero-order chi connectivity index (χ0) is 14.2. The maximum atomic E-state index is 10.7. The Hall–Kier alpha value is -1.62. The summed E-state index contributed by atoms with van der Waals surface area (Å²) in [5.41, 5.74) is 10.7. The Morgan fingerprint density at radius 3 is 1.59 bits per heavy atom. The zero-order valence-corrected chi connectivity index (χ0v) is 11.1. The maximum Gasteiger partial charge on any atom is 0.245 e. The third-order valence-corrected chi connectivity index (χ3v) is 2.15. The minimum Gasteiger partial charge on any atom is -0.366 e. The number of primary amides is 2. The molecule has 4 N–H and O–H groups in total. The van der Waals surface area contributed by atoms with Crippen LogP contribution in [0.2, 0.25) is 0 Å². The van der Waals surface area contributed by atoms with Crippen molar-refractivity contribution in [2.24, 2.45) is 11.5 Å². The van der Waals surface area contributed by atoms with Gasteiger partial charge in [-0.25, -0.2) is 0 Å². The predicted octanol–water partition coefficient (Wildman–Crippen LogP) is 0.416. The average Bonchev–Trinajstić information content (AvgIpc) is 2.18. The van der Waals surface area contributed by atoms with Crippen molar-refractivity contribution in [3.05, 3.63) is 24.3 Å². The van der Waals surface area contributed by atoms with Crippen molar-refractivity contribution in [3.63, 3.8) is 0 Å². The normalized spacial score (nSPS) is 11.1. The van der Waals surface area contributed by atoms with Crippen molar-refractivity contribution in [1.29, 1.82) is 0 Å². The quantitative estimate of drug-likeness (QED) is 0.683. The van der Waals surface area contributed by atoms with E-state index in [1.807, 2.05) is 25.9 Å². The summed E-state index contributed by atoms with van der Waals surface area (Å²) >= 11 is 0. The fourth-order valence-corrected chi connectivity index (χ4v) is 1.09. The highest BCUT2D eigenvalue weighted by Gasteiger charge is 2.16. The predicted molar refractivity (Wildman–Crippen MR) is 70.1 cm³/mol. The second kappa shape index (κ2) is 8.52. The smallest absolute Gasteiger partial charge is 0.245 e. The van der Waals surface area contributed by atoms with Crippen LogP contribution in [0.1, 0.15) is 20.3 Å². The Bertz CT molecular complexity index is 297. The molecule has 0 aromatic rings. The molecule has 1 atom stereocenters. The summed E-state index contributed by atoms with van der Waals surface area (Å²) in [5.74, 6) is -0.847. The van der Waals surface area contributed by atoms with Gasteiger partial charge in [0.15, 0.2) is 0 Å². The van der Waals surface area contributed by atoms with Crippen LogP contribution in [0.3, 0.4) is 0 Å². The van der Waals surface area contributed by atoms with Gasteiger partial charge < -0.3 is 16.4 Å². The van der Waals surface area contributed by atoms with Gasteiger partial charge in [-0.3, -0.25) is 9.59 Å². The molecular weight excluding hydrogens is 218 g/mol. The molecule has 0 rings (SSSR count). The lowest BCUT2D eigenvalue weighted by atomic mass is 10.1. The van der Waals surface area contributed by atoms with E-state index in [-0.39, 0.29) is 6.04 Å². The summed E-state index contributed by atoms with van der Waals surface area (Å²) in [6.07, 6.45) is 0.856. The van der Waals surface area contributed by atoms with E-state index in [9.17, 15) is 9.59 Å². The standard InChI is InChI=1S/C8H16N2O.C4H7NO/c1-5-7(10(3)4)6(2)8(9)11;1-3(2)4(5)6/h7H,2,5H2,1,3-4H3,(H2,9,11);1H2,2H3,(H2,5,6). The van der Waals surface area contributed by atoms with Crippen LogP contribution in [-0.4, -0.2) is 36.9 Å². The van der Waals surface area contributed by atoms with E-state index < -0.39 is 11.8 Å². The molecule has 0 aliphatic carbocycles. The number of carbonyl (C=O) groups is 2. The van der Waals surface area contributed by atoms with E-state index in [2.05, 4.69) is 13.2 Å². The van der Waals surface area contributed by atoms with Crippen LogP contribution in [0, 0.1) is 0 Å². The molecular formula is C12H23N3O2. The van der Waals surface area contributed by atoms with Crippen molar-refractivity contribution >= 4 is 11.8 Å². The molecule has 5 heteroatoms. The van der Waals surface area contributed by atoms with E-state index in [1.165, 1.54) is 0 Å². The minimum atomic E-state index is -0.435. The molecule has 98 valence electrons. The first-order valence-corrected chi connectivity index (χ1v) is 5.25. The van der Waals surface area contributed by atoms with Gasteiger partial charge in [0.05, 0.1) is 0 Å². The van der Waals surface area contributed by atoms with Crippen molar-refractivity contribution < 1.29 is 9.59 Å². The molecule has 0 saturated heterocycles. The highest BCUT2D eigenvalue weighted by molar-refractivity contribution is 5.92. The summed E-state index contributed by atoms with van der Waals surface area (Å²) in [4.78, 5) is 22.5. The molecule has 5 nitrogen and oxygen atoms in total. The van der Waals surface area contributed by atoms with Gasteiger partial charge in [0.2, 0.25) is 11.8 Å². The number of rotatable bonds is 5. The molecule has 0 spiro atoms. The lowest BCUT2D eigenvalue weighted by Gasteiger charge is -2.22. The SMILES string of the molecule is C=C(C(N)=O)C(CC)N(C)C.C=C(C)C(N)=O. The van der Waals surface area contributed by atoms with Crippen LogP contribution in [0.4, 0.5) is 0 Å². The summed E-state index contributed by atoms with van der Waals surface area (Å²) < 4.78 is 0. The molecule has 0 aliphatic heterocycles. The van der Waals surface area contributed by atoms with Crippen LogP contribution in [-0.2, 0) is 9.59 Å². The van der Waals surface area contributed by atoms with Crippen LogP contribution >= 0.6 is 0 Å². The number of likely N-dealkylation sites (N-methyl/N-ethyl adjacent to an activating group) is 1. The Morgan fingerprint density at radius 1 is 1.18 bits per heavy atom. The summed E-state index contributed by atoms with van der Waals surface area (Å²) in [6.45, 7) is 10.5. The molecule has 0 heterocycles. The Kier molecular flexibility index (Phi) is 8.91. The third-order valence-electron chi connectivity index (χ3n) is 2.15. The fourth-order valence-electron chi connectivity index (χ4n) is 1.09. The van der Waals surface area contributed by atoms with Gasteiger partial charge >= 0.3 is 0 Å². The Balaban J connectivity index is 0. The number of nitrogens with zero attached hydrogens (tertiary/aromatic N) is 1. The summed E-state index contributed by atoms with van der Waals surface area (Å²) in [6, 6.07) is 0.0764. The Morgan fingerprint density at radius 2 is 1.53 bits per heavy atom. The molecule has 0 fully saturated rings. The maximum absolute atomic E-state index is 10.7. The highest BCUT2D eigenvalue weighted by atomic mass is 16.1. The van der Waals surface area contributed by atoms with E-state index >= 15 is 0 Å². The van der Waals surface area contributed by atoms with Crippen LogP contribution < -0.4 is 11.5 Å². The van der Waals surface area contributed by atoms with Crippen molar-refractivity contribution in [3.8, 4) is 0 Å². The summed E-state index contributed by atoms with van der Waals surface area (Å²) in [5, 5.41) is 0. The molecule has 0 saturated carbocycles. The topological polar surface area (TPSA) is 89.4 Å². The molecule has 0 aromatic heterocycles. The van der Waals surface area contributed by atoms with Gasteiger partial charge in [0.1, 0.15) is 0 Å². The fraction of sp³-hybridized carbons (Fsp3) is 0.500. The highest BCUT2D eigenvalue weighted by Crippen LogP contribution is 2.08. The molecule has 1 unspecified atom stereocenters. The number of carbonyl (C=O) groups excluding carboxylic acids is 2. The van der Waals surface area contributed by atoms with E-state index in [4.69, 9.17) is 11.5 Å². The van der Waals surface area contributed by atoms with Crippen LogP contribution in [0.5, 0.6) is 0 Å². The number of hydrogen-bond donors (Lipinski definition) is 2. The van der Waals surface area contributed by atoms with Crippen molar-refractivity contribution in [1.82, 2.24) is 4.90 Å². The van der Waals surface area contributed by atoms with Gasteiger partial charge in [-0.2, -0.15) is 0 Å². The second-order valence-corrected chi connectivity index (χ2v) is 3.92.